The molecule has 1 N–H and O–H groups in total. The normalized spacial score (nSPS) is 15.8. The molecule has 0 unspecified atom stereocenters. The zero-order chi connectivity index (χ0) is 20.3. The van der Waals surface area contributed by atoms with Crippen LogP contribution in [0.4, 0.5) is 5.69 Å². The summed E-state index contributed by atoms with van der Waals surface area (Å²) in [5.74, 6) is -0.363. The van der Waals surface area contributed by atoms with Crippen LogP contribution in [0.3, 0.4) is 0 Å². The van der Waals surface area contributed by atoms with Crippen LogP contribution >= 0.6 is 11.6 Å². The molecule has 0 radical (unpaired) electrons. The van der Waals surface area contributed by atoms with Gasteiger partial charge in [-0.15, -0.1) is 0 Å². The Bertz CT molecular complexity index is 981. The Labute approximate surface area is 171 Å². The molecule has 0 saturated carbocycles. The quantitative estimate of drug-likeness (QED) is 0.774. The number of carbonyl (C=O) groups is 1. The van der Waals surface area contributed by atoms with Crippen LogP contribution in [0.25, 0.3) is 0 Å². The number of amides is 1. The van der Waals surface area contributed by atoms with Gasteiger partial charge < -0.3 is 5.32 Å². The SMILES string of the molecule is Cc1ccc(Cl)cc1NC(=O)c1ccc(C)c(S(=O)(=O)N2CCCCCC2)c1. The van der Waals surface area contributed by atoms with Crippen LogP contribution in [0.15, 0.2) is 41.3 Å². The standard InChI is InChI=1S/C21H25ClN2O3S/c1-15-8-10-18(22)14-19(15)23-21(25)17-9-7-16(2)20(13-17)28(26,27)24-11-5-3-4-6-12-24/h7-10,13-14H,3-6,11-12H2,1-2H3,(H,23,25). The first kappa shape index (κ1) is 20.8. The van der Waals surface area contributed by atoms with E-state index in [0.29, 0.717) is 34.9 Å². The third-order valence-electron chi connectivity index (χ3n) is 5.08. The van der Waals surface area contributed by atoms with E-state index in [4.69, 9.17) is 11.6 Å². The molecule has 1 fully saturated rings. The first-order valence-electron chi connectivity index (χ1n) is 9.47. The number of anilines is 1. The molecule has 28 heavy (non-hydrogen) atoms. The average molecular weight is 421 g/mol. The predicted molar refractivity (Wildman–Crippen MR) is 113 cm³/mol. The molecule has 7 heteroatoms. The Kier molecular flexibility index (Phi) is 6.43. The van der Waals surface area contributed by atoms with Crippen LogP contribution < -0.4 is 5.32 Å². The van der Waals surface area contributed by atoms with Crippen molar-refractivity contribution >= 4 is 33.2 Å². The van der Waals surface area contributed by atoms with Crippen molar-refractivity contribution in [3.05, 3.63) is 58.1 Å². The third-order valence-corrected chi connectivity index (χ3v) is 7.36. The van der Waals surface area contributed by atoms with E-state index in [1.807, 2.05) is 13.0 Å². The van der Waals surface area contributed by atoms with Crippen molar-refractivity contribution in [2.75, 3.05) is 18.4 Å². The molecule has 1 aliphatic heterocycles. The minimum atomic E-state index is -3.63. The number of sulfonamides is 1. The number of hydrogen-bond donors (Lipinski definition) is 1. The van der Waals surface area contributed by atoms with E-state index in [1.165, 1.54) is 6.07 Å². The van der Waals surface area contributed by atoms with Crippen molar-refractivity contribution in [3.63, 3.8) is 0 Å². The molecular formula is C21H25ClN2O3S. The zero-order valence-corrected chi connectivity index (χ0v) is 17.7. The molecule has 0 bridgehead atoms. The fourth-order valence-corrected chi connectivity index (χ4v) is 5.30. The number of aryl methyl sites for hydroxylation is 2. The van der Waals surface area contributed by atoms with Crippen LogP contribution in [-0.2, 0) is 10.0 Å². The lowest BCUT2D eigenvalue weighted by Crippen LogP contribution is -2.32. The summed E-state index contributed by atoms with van der Waals surface area (Å²) in [6.45, 7) is 4.68. The second kappa shape index (κ2) is 8.64. The summed E-state index contributed by atoms with van der Waals surface area (Å²) >= 11 is 6.02. The number of nitrogens with one attached hydrogen (secondary N) is 1. The van der Waals surface area contributed by atoms with Crippen molar-refractivity contribution in [3.8, 4) is 0 Å². The maximum atomic E-state index is 13.2. The maximum Gasteiger partial charge on any atom is 0.255 e. The Morgan fingerprint density at radius 1 is 0.964 bits per heavy atom. The molecule has 0 atom stereocenters. The lowest BCUT2D eigenvalue weighted by Gasteiger charge is -2.21. The second-order valence-corrected chi connectivity index (χ2v) is 9.55. The van der Waals surface area contributed by atoms with E-state index in [2.05, 4.69) is 5.32 Å². The predicted octanol–water partition coefficient (Wildman–Crippen LogP) is 4.77. The highest BCUT2D eigenvalue weighted by Gasteiger charge is 2.27. The molecule has 1 saturated heterocycles. The summed E-state index contributed by atoms with van der Waals surface area (Å²) in [5.41, 5.74) is 2.43. The van der Waals surface area contributed by atoms with Crippen LogP contribution in [0, 0.1) is 13.8 Å². The zero-order valence-electron chi connectivity index (χ0n) is 16.2. The van der Waals surface area contributed by atoms with Gasteiger partial charge in [0.25, 0.3) is 5.91 Å². The number of hydrogen-bond acceptors (Lipinski definition) is 3. The molecule has 150 valence electrons. The van der Waals surface area contributed by atoms with Crippen molar-refractivity contribution in [2.45, 2.75) is 44.4 Å². The summed E-state index contributed by atoms with van der Waals surface area (Å²) in [5, 5.41) is 3.35. The first-order valence-corrected chi connectivity index (χ1v) is 11.3. The van der Waals surface area contributed by atoms with Crippen molar-refractivity contribution in [1.82, 2.24) is 4.31 Å². The lowest BCUT2D eigenvalue weighted by molar-refractivity contribution is 0.102. The maximum absolute atomic E-state index is 13.2. The number of carbonyl (C=O) groups excluding carboxylic acids is 1. The summed E-state index contributed by atoms with van der Waals surface area (Å²) in [6.07, 6.45) is 3.83. The summed E-state index contributed by atoms with van der Waals surface area (Å²) in [7, 11) is -3.63. The molecule has 1 heterocycles. The Hall–Kier alpha value is -1.89. The minimum absolute atomic E-state index is 0.199. The van der Waals surface area contributed by atoms with E-state index in [0.717, 1.165) is 31.2 Å². The van der Waals surface area contributed by atoms with Crippen molar-refractivity contribution < 1.29 is 13.2 Å². The number of benzene rings is 2. The first-order chi connectivity index (χ1) is 13.3. The Balaban J connectivity index is 1.90. The van der Waals surface area contributed by atoms with E-state index in [9.17, 15) is 13.2 Å². The molecule has 5 nitrogen and oxygen atoms in total. The molecule has 3 rings (SSSR count). The van der Waals surface area contributed by atoms with Gasteiger partial charge in [-0.05, 0) is 62.1 Å². The highest BCUT2D eigenvalue weighted by atomic mass is 35.5. The molecule has 2 aromatic rings. The van der Waals surface area contributed by atoms with Gasteiger partial charge >= 0.3 is 0 Å². The van der Waals surface area contributed by atoms with Crippen LogP contribution in [0.2, 0.25) is 5.02 Å². The molecule has 0 spiro atoms. The number of rotatable bonds is 4. The summed E-state index contributed by atoms with van der Waals surface area (Å²) < 4.78 is 27.9. The van der Waals surface area contributed by atoms with E-state index in [1.54, 1.807) is 35.5 Å². The molecule has 0 aromatic heterocycles. The Morgan fingerprint density at radius 2 is 1.61 bits per heavy atom. The number of halogens is 1. The van der Waals surface area contributed by atoms with Crippen molar-refractivity contribution in [2.24, 2.45) is 0 Å². The van der Waals surface area contributed by atoms with Gasteiger partial charge in [0.15, 0.2) is 0 Å². The highest BCUT2D eigenvalue weighted by molar-refractivity contribution is 7.89. The molecule has 0 aliphatic carbocycles. The highest BCUT2D eigenvalue weighted by Crippen LogP contribution is 2.25. The van der Waals surface area contributed by atoms with E-state index in [-0.39, 0.29) is 10.8 Å². The molecule has 1 aliphatic rings. The van der Waals surface area contributed by atoms with Gasteiger partial charge in [0.1, 0.15) is 0 Å². The number of nitrogens with zero attached hydrogens (tertiary/aromatic N) is 1. The fourth-order valence-electron chi connectivity index (χ4n) is 3.36. The lowest BCUT2D eigenvalue weighted by atomic mass is 10.1. The van der Waals surface area contributed by atoms with Gasteiger partial charge in [0.05, 0.1) is 4.90 Å². The van der Waals surface area contributed by atoms with Gasteiger partial charge in [0.2, 0.25) is 10.0 Å². The average Bonchev–Trinajstić information content (AvgIpc) is 2.95. The molecule has 1 amide bonds. The third kappa shape index (κ3) is 4.57. The van der Waals surface area contributed by atoms with Gasteiger partial charge in [-0.2, -0.15) is 4.31 Å². The topological polar surface area (TPSA) is 66.5 Å². The second-order valence-electron chi connectivity index (χ2n) is 7.21. The van der Waals surface area contributed by atoms with Gasteiger partial charge in [-0.3, -0.25) is 4.79 Å². The largest absolute Gasteiger partial charge is 0.322 e. The Morgan fingerprint density at radius 3 is 2.29 bits per heavy atom. The smallest absolute Gasteiger partial charge is 0.255 e. The van der Waals surface area contributed by atoms with E-state index < -0.39 is 10.0 Å². The fraction of sp³-hybridized carbons (Fsp3) is 0.381. The monoisotopic (exact) mass is 420 g/mol. The van der Waals surface area contributed by atoms with Crippen LogP contribution in [0.1, 0.15) is 47.2 Å². The molecular weight excluding hydrogens is 396 g/mol. The minimum Gasteiger partial charge on any atom is -0.322 e. The van der Waals surface area contributed by atoms with Gasteiger partial charge in [0, 0.05) is 29.4 Å². The van der Waals surface area contributed by atoms with Gasteiger partial charge in [-0.25, -0.2) is 8.42 Å². The molecule has 2 aromatic carbocycles. The summed E-state index contributed by atoms with van der Waals surface area (Å²) in [6, 6.07) is 10.1. The van der Waals surface area contributed by atoms with Crippen molar-refractivity contribution in [1.29, 1.82) is 0 Å². The van der Waals surface area contributed by atoms with Crippen LogP contribution in [0.5, 0.6) is 0 Å². The summed E-state index contributed by atoms with van der Waals surface area (Å²) in [4.78, 5) is 12.9. The van der Waals surface area contributed by atoms with Crippen LogP contribution in [-0.4, -0.2) is 31.7 Å². The van der Waals surface area contributed by atoms with Gasteiger partial charge in [-0.1, -0.05) is 36.6 Å². The van der Waals surface area contributed by atoms with E-state index >= 15 is 0 Å².